The number of thiazole rings is 1. The highest BCUT2D eigenvalue weighted by atomic mass is 32.1. The van der Waals surface area contributed by atoms with Crippen LogP contribution in [0.25, 0.3) is 11.0 Å². The maximum absolute atomic E-state index is 12.8. The van der Waals surface area contributed by atoms with Gasteiger partial charge in [0.05, 0.1) is 47.7 Å². The summed E-state index contributed by atoms with van der Waals surface area (Å²) in [5.41, 5.74) is 2.88. The number of hydrogen-bond donors (Lipinski definition) is 2. The number of aliphatic hydroxyl groups excluding tert-OH is 1. The number of nitrogens with zero attached hydrogens (tertiary/aromatic N) is 2. The summed E-state index contributed by atoms with van der Waals surface area (Å²) >= 11 is 1.52. The molecule has 1 amide bonds. The molecule has 0 aromatic carbocycles. The number of carbonyl (C=O) groups excluding carboxylic acids is 1. The first kappa shape index (κ1) is 17.9. The van der Waals surface area contributed by atoms with E-state index in [1.165, 1.54) is 11.3 Å². The van der Waals surface area contributed by atoms with Crippen LogP contribution >= 0.6 is 11.3 Å². The van der Waals surface area contributed by atoms with Crippen LogP contribution in [0.3, 0.4) is 0 Å². The summed E-state index contributed by atoms with van der Waals surface area (Å²) in [7, 11) is 0. The number of carbonyl (C=O) groups is 1. The lowest BCUT2D eigenvalue weighted by atomic mass is 9.98. The maximum Gasteiger partial charge on any atom is 0.256 e. The average molecular weight is 389 g/mol. The molecule has 2 N–H and O–H groups in total. The van der Waals surface area contributed by atoms with E-state index in [1.54, 1.807) is 24.7 Å². The number of hydrogen-bond acceptors (Lipinski definition) is 8. The van der Waals surface area contributed by atoms with Crippen molar-refractivity contribution in [1.82, 2.24) is 15.3 Å². The van der Waals surface area contributed by atoms with Crippen molar-refractivity contribution < 1.29 is 23.8 Å². The molecule has 1 saturated heterocycles. The number of aromatic nitrogens is 2. The van der Waals surface area contributed by atoms with Gasteiger partial charge in [0.2, 0.25) is 5.88 Å². The SMILES string of the molecule is Cc1ncsc1COc1cc2c(C(=O)NC3(CO)COC3)c(C)oc2cn1. The van der Waals surface area contributed by atoms with Gasteiger partial charge in [-0.25, -0.2) is 9.97 Å². The third-order valence-corrected chi connectivity index (χ3v) is 5.50. The number of aliphatic hydroxyl groups is 1. The van der Waals surface area contributed by atoms with E-state index in [9.17, 15) is 9.90 Å². The summed E-state index contributed by atoms with van der Waals surface area (Å²) in [4.78, 5) is 22.3. The molecule has 1 aliphatic heterocycles. The highest BCUT2D eigenvalue weighted by molar-refractivity contribution is 7.09. The van der Waals surface area contributed by atoms with E-state index in [1.807, 2.05) is 6.92 Å². The summed E-state index contributed by atoms with van der Waals surface area (Å²) in [5.74, 6) is 0.557. The predicted octanol–water partition coefficient (Wildman–Crippen LogP) is 1.97. The fraction of sp³-hybridized carbons (Fsp3) is 0.389. The van der Waals surface area contributed by atoms with Crippen LogP contribution < -0.4 is 10.1 Å². The minimum absolute atomic E-state index is 0.183. The van der Waals surface area contributed by atoms with E-state index in [2.05, 4.69) is 15.3 Å². The van der Waals surface area contributed by atoms with Crippen LogP contribution in [0.5, 0.6) is 5.88 Å². The Morgan fingerprint density at radius 1 is 1.41 bits per heavy atom. The molecule has 0 spiro atoms. The normalized spacial score (nSPS) is 15.5. The standard InChI is InChI=1S/C18H19N3O5S/c1-10-14(27-9-20-10)5-25-15-3-12-13(4-19-15)26-11(2)16(12)17(23)21-18(6-22)7-24-8-18/h3-4,9,22H,5-8H2,1-2H3,(H,21,23). The van der Waals surface area contributed by atoms with E-state index in [-0.39, 0.29) is 25.7 Å². The minimum atomic E-state index is -0.733. The van der Waals surface area contributed by atoms with Crippen molar-refractivity contribution in [3.05, 3.63) is 39.7 Å². The van der Waals surface area contributed by atoms with Crippen LogP contribution in [0, 0.1) is 13.8 Å². The second-order valence-electron chi connectivity index (χ2n) is 6.59. The summed E-state index contributed by atoms with van der Waals surface area (Å²) in [6, 6.07) is 1.69. The van der Waals surface area contributed by atoms with Crippen LogP contribution in [0.15, 0.2) is 22.2 Å². The molecule has 1 fully saturated rings. The molecular weight excluding hydrogens is 370 g/mol. The van der Waals surface area contributed by atoms with Crippen molar-refractivity contribution >= 4 is 28.2 Å². The van der Waals surface area contributed by atoms with Gasteiger partial charge in [0.1, 0.15) is 17.9 Å². The minimum Gasteiger partial charge on any atom is -0.472 e. The van der Waals surface area contributed by atoms with E-state index < -0.39 is 5.54 Å². The number of ether oxygens (including phenoxy) is 2. The van der Waals surface area contributed by atoms with Crippen molar-refractivity contribution in [2.75, 3.05) is 19.8 Å². The van der Waals surface area contributed by atoms with Crippen molar-refractivity contribution in [1.29, 1.82) is 0 Å². The first-order valence-electron chi connectivity index (χ1n) is 8.43. The Hall–Kier alpha value is -2.49. The molecule has 9 heteroatoms. The van der Waals surface area contributed by atoms with Crippen LogP contribution in [0.4, 0.5) is 0 Å². The zero-order valence-electron chi connectivity index (χ0n) is 14.9. The molecule has 142 valence electrons. The van der Waals surface area contributed by atoms with Gasteiger partial charge in [-0.05, 0) is 13.8 Å². The van der Waals surface area contributed by atoms with Crippen LogP contribution in [-0.2, 0) is 11.3 Å². The third-order valence-electron chi connectivity index (χ3n) is 4.59. The Kier molecular flexibility index (Phi) is 4.58. The van der Waals surface area contributed by atoms with Crippen molar-refractivity contribution in [3.63, 3.8) is 0 Å². The molecule has 4 heterocycles. The molecule has 0 atom stereocenters. The van der Waals surface area contributed by atoms with Gasteiger partial charge in [0.25, 0.3) is 5.91 Å². The van der Waals surface area contributed by atoms with Gasteiger partial charge in [-0.1, -0.05) is 0 Å². The molecule has 0 saturated carbocycles. The maximum atomic E-state index is 12.8. The number of aryl methyl sites for hydroxylation is 2. The molecular formula is C18H19N3O5S. The fourth-order valence-electron chi connectivity index (χ4n) is 2.93. The molecule has 27 heavy (non-hydrogen) atoms. The second-order valence-corrected chi connectivity index (χ2v) is 7.53. The van der Waals surface area contributed by atoms with E-state index in [0.717, 1.165) is 10.6 Å². The molecule has 8 nitrogen and oxygen atoms in total. The topological polar surface area (TPSA) is 107 Å². The number of nitrogens with one attached hydrogen (secondary N) is 1. The Morgan fingerprint density at radius 2 is 2.22 bits per heavy atom. The highest BCUT2D eigenvalue weighted by Gasteiger charge is 2.40. The number of rotatable bonds is 6. The molecule has 0 unspecified atom stereocenters. The smallest absolute Gasteiger partial charge is 0.256 e. The van der Waals surface area contributed by atoms with Crippen molar-refractivity contribution in [2.24, 2.45) is 0 Å². The quantitative estimate of drug-likeness (QED) is 0.664. The summed E-state index contributed by atoms with van der Waals surface area (Å²) < 4.78 is 16.6. The zero-order chi connectivity index (χ0) is 19.0. The monoisotopic (exact) mass is 389 g/mol. The lowest BCUT2D eigenvalue weighted by Crippen LogP contribution is -2.64. The van der Waals surface area contributed by atoms with Crippen LogP contribution in [-0.4, -0.2) is 46.3 Å². The molecule has 3 aromatic rings. The van der Waals surface area contributed by atoms with Gasteiger partial charge in [0, 0.05) is 11.5 Å². The predicted molar refractivity (Wildman–Crippen MR) is 98.0 cm³/mol. The Balaban J connectivity index is 1.59. The van der Waals surface area contributed by atoms with Crippen molar-refractivity contribution in [2.45, 2.75) is 26.0 Å². The molecule has 1 aliphatic rings. The molecule has 4 rings (SSSR count). The summed E-state index contributed by atoms with van der Waals surface area (Å²) in [5, 5.41) is 13.0. The molecule has 0 radical (unpaired) electrons. The van der Waals surface area contributed by atoms with Gasteiger partial charge >= 0.3 is 0 Å². The number of fused-ring (bicyclic) bond motifs is 1. The lowest BCUT2D eigenvalue weighted by molar-refractivity contribution is -0.0919. The van der Waals surface area contributed by atoms with Crippen LogP contribution in [0.1, 0.15) is 26.7 Å². The lowest BCUT2D eigenvalue weighted by Gasteiger charge is -2.40. The first-order chi connectivity index (χ1) is 13.0. The van der Waals surface area contributed by atoms with Crippen molar-refractivity contribution in [3.8, 4) is 5.88 Å². The van der Waals surface area contributed by atoms with Gasteiger partial charge in [-0.2, -0.15) is 0 Å². The largest absolute Gasteiger partial charge is 0.472 e. The molecule has 0 aliphatic carbocycles. The van der Waals surface area contributed by atoms with E-state index in [4.69, 9.17) is 13.9 Å². The highest BCUT2D eigenvalue weighted by Crippen LogP contribution is 2.29. The van der Waals surface area contributed by atoms with Gasteiger partial charge in [-0.15, -0.1) is 11.3 Å². The fourth-order valence-corrected chi connectivity index (χ4v) is 3.61. The number of amides is 1. The number of pyridine rings is 1. The first-order valence-corrected chi connectivity index (χ1v) is 9.31. The Labute approximate surface area is 159 Å². The second kappa shape index (κ2) is 6.91. The molecule has 0 bridgehead atoms. The van der Waals surface area contributed by atoms with Gasteiger partial charge < -0.3 is 24.3 Å². The Morgan fingerprint density at radius 3 is 2.85 bits per heavy atom. The Bertz CT molecular complexity index is 987. The van der Waals surface area contributed by atoms with Crippen LogP contribution in [0.2, 0.25) is 0 Å². The van der Waals surface area contributed by atoms with E-state index in [0.29, 0.717) is 34.8 Å². The third kappa shape index (κ3) is 3.29. The summed E-state index contributed by atoms with van der Waals surface area (Å²) in [6.45, 7) is 4.40. The van der Waals surface area contributed by atoms with Gasteiger partial charge in [0.15, 0.2) is 5.58 Å². The zero-order valence-corrected chi connectivity index (χ0v) is 15.8. The van der Waals surface area contributed by atoms with E-state index >= 15 is 0 Å². The average Bonchev–Trinajstić information content (AvgIpc) is 3.17. The van der Waals surface area contributed by atoms with Gasteiger partial charge in [-0.3, -0.25) is 4.79 Å². The summed E-state index contributed by atoms with van der Waals surface area (Å²) in [6.07, 6.45) is 1.54. The molecule has 3 aromatic heterocycles. The number of furan rings is 1.